The first-order valence-corrected chi connectivity index (χ1v) is 8.28. The van der Waals surface area contributed by atoms with Crippen molar-refractivity contribution in [2.24, 2.45) is 5.92 Å². The number of methoxy groups -OCH3 is 2. The molecule has 1 amide bonds. The molecule has 2 atom stereocenters. The number of rotatable bonds is 10. The Morgan fingerprint density at radius 1 is 1.21 bits per heavy atom. The van der Waals surface area contributed by atoms with Crippen molar-refractivity contribution in [3.63, 3.8) is 0 Å². The standard InChI is InChI=1S/C18H30N2O4/c1-12(2)8-14(11-21)19-13(3)9-18(22)20-16-7-6-15(23-4)10-17(16)24-5/h6-7,10,12-14,19,21H,8-9,11H2,1-5H3,(H,20,22). The molecule has 0 saturated carbocycles. The third kappa shape index (κ3) is 6.76. The van der Waals surface area contributed by atoms with Gasteiger partial charge in [0.2, 0.25) is 5.91 Å². The molecule has 2 unspecified atom stereocenters. The van der Waals surface area contributed by atoms with Crippen molar-refractivity contribution in [3.05, 3.63) is 18.2 Å². The SMILES string of the molecule is COc1ccc(NC(=O)CC(C)NC(CO)CC(C)C)c(OC)c1. The minimum Gasteiger partial charge on any atom is -0.497 e. The van der Waals surface area contributed by atoms with Crippen molar-refractivity contribution in [3.8, 4) is 11.5 Å². The molecule has 0 heterocycles. The molecule has 0 bridgehead atoms. The van der Waals surface area contributed by atoms with Crippen LogP contribution in [0.3, 0.4) is 0 Å². The summed E-state index contributed by atoms with van der Waals surface area (Å²) in [5.41, 5.74) is 0.608. The molecule has 0 aliphatic rings. The third-order valence-electron chi connectivity index (χ3n) is 3.67. The first-order valence-electron chi connectivity index (χ1n) is 8.28. The van der Waals surface area contributed by atoms with Crippen LogP contribution in [0.25, 0.3) is 0 Å². The van der Waals surface area contributed by atoms with E-state index in [2.05, 4.69) is 24.5 Å². The molecule has 0 aliphatic carbocycles. The van der Waals surface area contributed by atoms with Gasteiger partial charge < -0.3 is 25.2 Å². The normalized spacial score (nSPS) is 13.5. The van der Waals surface area contributed by atoms with Gasteiger partial charge in [-0.05, 0) is 31.4 Å². The second kappa shape index (κ2) is 10.2. The average Bonchev–Trinajstić information content (AvgIpc) is 2.53. The Morgan fingerprint density at radius 3 is 2.46 bits per heavy atom. The maximum absolute atomic E-state index is 12.2. The van der Waals surface area contributed by atoms with E-state index in [1.54, 1.807) is 32.4 Å². The zero-order valence-corrected chi connectivity index (χ0v) is 15.3. The molecule has 1 rings (SSSR count). The van der Waals surface area contributed by atoms with Crippen molar-refractivity contribution in [2.75, 3.05) is 26.1 Å². The topological polar surface area (TPSA) is 79.8 Å². The molecule has 3 N–H and O–H groups in total. The summed E-state index contributed by atoms with van der Waals surface area (Å²) in [7, 11) is 3.13. The lowest BCUT2D eigenvalue weighted by atomic mass is 10.0. The number of carbonyl (C=O) groups excluding carboxylic acids is 1. The number of carbonyl (C=O) groups is 1. The summed E-state index contributed by atoms with van der Waals surface area (Å²) in [4.78, 5) is 12.2. The van der Waals surface area contributed by atoms with Crippen LogP contribution >= 0.6 is 0 Å². The van der Waals surface area contributed by atoms with Crippen LogP contribution in [0.4, 0.5) is 5.69 Å². The van der Waals surface area contributed by atoms with Crippen LogP contribution in [0.5, 0.6) is 11.5 Å². The molecule has 0 saturated heterocycles. The van der Waals surface area contributed by atoms with E-state index in [4.69, 9.17) is 9.47 Å². The predicted octanol–water partition coefficient (Wildman–Crippen LogP) is 2.42. The highest BCUT2D eigenvalue weighted by Gasteiger charge is 2.16. The molecule has 24 heavy (non-hydrogen) atoms. The van der Waals surface area contributed by atoms with E-state index in [-0.39, 0.29) is 24.6 Å². The van der Waals surface area contributed by atoms with Gasteiger partial charge in [0.15, 0.2) is 0 Å². The van der Waals surface area contributed by atoms with Crippen LogP contribution in [0.2, 0.25) is 0 Å². The molecule has 0 aromatic heterocycles. The highest BCUT2D eigenvalue weighted by molar-refractivity contribution is 5.92. The van der Waals surface area contributed by atoms with Crippen molar-refractivity contribution in [2.45, 2.75) is 45.7 Å². The van der Waals surface area contributed by atoms with E-state index in [0.717, 1.165) is 6.42 Å². The molecule has 1 aromatic rings. The van der Waals surface area contributed by atoms with Gasteiger partial charge in [0.1, 0.15) is 11.5 Å². The van der Waals surface area contributed by atoms with Crippen LogP contribution in [0.1, 0.15) is 33.6 Å². The lowest BCUT2D eigenvalue weighted by Gasteiger charge is -2.23. The molecule has 6 heteroatoms. The molecule has 6 nitrogen and oxygen atoms in total. The fourth-order valence-corrected chi connectivity index (χ4v) is 2.61. The maximum atomic E-state index is 12.2. The van der Waals surface area contributed by atoms with Crippen molar-refractivity contribution < 1.29 is 19.4 Å². The number of aliphatic hydroxyl groups is 1. The number of nitrogens with one attached hydrogen (secondary N) is 2. The van der Waals surface area contributed by atoms with Gasteiger partial charge in [-0.25, -0.2) is 0 Å². The first kappa shape index (κ1) is 20.3. The summed E-state index contributed by atoms with van der Waals surface area (Å²) >= 11 is 0. The van der Waals surface area contributed by atoms with Gasteiger partial charge in [-0.15, -0.1) is 0 Å². The van der Waals surface area contributed by atoms with Crippen LogP contribution in [0, 0.1) is 5.92 Å². The van der Waals surface area contributed by atoms with Crippen LogP contribution in [-0.2, 0) is 4.79 Å². The van der Waals surface area contributed by atoms with E-state index in [1.807, 2.05) is 6.92 Å². The van der Waals surface area contributed by atoms with Gasteiger partial charge >= 0.3 is 0 Å². The summed E-state index contributed by atoms with van der Waals surface area (Å²) in [5, 5.41) is 15.6. The Labute approximate surface area is 144 Å². The fraction of sp³-hybridized carbons (Fsp3) is 0.611. The van der Waals surface area contributed by atoms with E-state index >= 15 is 0 Å². The largest absolute Gasteiger partial charge is 0.497 e. The molecule has 0 radical (unpaired) electrons. The van der Waals surface area contributed by atoms with E-state index < -0.39 is 0 Å². The second-order valence-corrected chi connectivity index (χ2v) is 6.40. The summed E-state index contributed by atoms with van der Waals surface area (Å²) < 4.78 is 10.4. The maximum Gasteiger partial charge on any atom is 0.226 e. The highest BCUT2D eigenvalue weighted by Crippen LogP contribution is 2.29. The molecule has 0 spiro atoms. The van der Waals surface area contributed by atoms with Gasteiger partial charge in [0.25, 0.3) is 0 Å². The number of ether oxygens (including phenoxy) is 2. The van der Waals surface area contributed by atoms with Crippen molar-refractivity contribution >= 4 is 11.6 Å². The minimum absolute atomic E-state index is 0.00308. The number of hydrogen-bond acceptors (Lipinski definition) is 5. The van der Waals surface area contributed by atoms with Gasteiger partial charge in [-0.2, -0.15) is 0 Å². The van der Waals surface area contributed by atoms with E-state index in [9.17, 15) is 9.90 Å². The highest BCUT2D eigenvalue weighted by atomic mass is 16.5. The Kier molecular flexibility index (Phi) is 8.57. The Hall–Kier alpha value is -1.79. The Bertz CT molecular complexity index is 520. The second-order valence-electron chi connectivity index (χ2n) is 6.40. The number of hydrogen-bond donors (Lipinski definition) is 3. The van der Waals surface area contributed by atoms with Gasteiger partial charge in [-0.1, -0.05) is 13.8 Å². The summed E-state index contributed by atoms with van der Waals surface area (Å²) in [6, 6.07) is 5.21. The molecule has 1 aromatic carbocycles. The quantitative estimate of drug-likeness (QED) is 0.610. The number of aliphatic hydroxyl groups excluding tert-OH is 1. The number of benzene rings is 1. The smallest absolute Gasteiger partial charge is 0.226 e. The average molecular weight is 338 g/mol. The van der Waals surface area contributed by atoms with E-state index in [1.165, 1.54) is 0 Å². The zero-order valence-electron chi connectivity index (χ0n) is 15.3. The lowest BCUT2D eigenvalue weighted by Crippen LogP contribution is -2.41. The first-order chi connectivity index (χ1) is 11.4. The van der Waals surface area contributed by atoms with E-state index in [0.29, 0.717) is 29.5 Å². The van der Waals surface area contributed by atoms with Crippen molar-refractivity contribution in [1.82, 2.24) is 5.32 Å². The van der Waals surface area contributed by atoms with Crippen molar-refractivity contribution in [1.29, 1.82) is 0 Å². The monoisotopic (exact) mass is 338 g/mol. The lowest BCUT2D eigenvalue weighted by molar-refractivity contribution is -0.116. The summed E-state index contributed by atoms with van der Waals surface area (Å²) in [6.07, 6.45) is 1.18. The van der Waals surface area contributed by atoms with Crippen LogP contribution in [0.15, 0.2) is 18.2 Å². The number of anilines is 1. The fourth-order valence-electron chi connectivity index (χ4n) is 2.61. The Morgan fingerprint density at radius 2 is 1.92 bits per heavy atom. The zero-order chi connectivity index (χ0) is 18.1. The molecular weight excluding hydrogens is 308 g/mol. The molecule has 0 fully saturated rings. The molecular formula is C18H30N2O4. The summed E-state index contributed by atoms with van der Waals surface area (Å²) in [5.74, 6) is 1.59. The van der Waals surface area contributed by atoms with Gasteiger partial charge in [-0.3, -0.25) is 4.79 Å². The van der Waals surface area contributed by atoms with Gasteiger partial charge in [0.05, 0.1) is 26.5 Å². The van der Waals surface area contributed by atoms with Gasteiger partial charge in [0, 0.05) is 24.6 Å². The van der Waals surface area contributed by atoms with Crippen LogP contribution < -0.4 is 20.1 Å². The third-order valence-corrected chi connectivity index (χ3v) is 3.67. The minimum atomic E-state index is -0.111. The number of amides is 1. The summed E-state index contributed by atoms with van der Waals surface area (Å²) in [6.45, 7) is 6.22. The molecule has 0 aliphatic heterocycles. The van der Waals surface area contributed by atoms with Crippen LogP contribution in [-0.4, -0.2) is 43.9 Å². The Balaban J connectivity index is 2.59. The predicted molar refractivity (Wildman–Crippen MR) is 95.7 cm³/mol. The molecule has 136 valence electrons.